The molecule has 0 aliphatic rings. The smallest absolute Gasteiger partial charge is 0.181 e. The van der Waals surface area contributed by atoms with E-state index in [4.69, 9.17) is 0 Å². The first-order valence-electron chi connectivity index (χ1n) is 6.50. The Balaban J connectivity index is 2.52. The van der Waals surface area contributed by atoms with Crippen LogP contribution in [0.2, 0.25) is 0 Å². The second kappa shape index (κ2) is 7.37. The fraction of sp³-hybridized carbons (Fsp3) is 0.467. The molecule has 0 atom stereocenters. The maximum Gasteiger partial charge on any atom is 0.181 e. The van der Waals surface area contributed by atoms with Crippen molar-refractivity contribution in [2.75, 3.05) is 5.75 Å². The number of sulfone groups is 1. The molecule has 3 heteroatoms. The Kier molecular flexibility index (Phi) is 6.13. The molecule has 0 unspecified atom stereocenters. The molecule has 0 fully saturated rings. The van der Waals surface area contributed by atoms with Gasteiger partial charge in [0.25, 0.3) is 0 Å². The van der Waals surface area contributed by atoms with Crippen LogP contribution in [0.4, 0.5) is 0 Å². The number of hydrogen-bond donors (Lipinski definition) is 0. The van der Waals surface area contributed by atoms with Crippen molar-refractivity contribution in [2.45, 2.75) is 44.4 Å². The largest absolute Gasteiger partial charge is 0.223 e. The Morgan fingerprint density at radius 2 is 1.72 bits per heavy atom. The van der Waals surface area contributed by atoms with E-state index in [9.17, 15) is 8.42 Å². The van der Waals surface area contributed by atoms with Gasteiger partial charge in [-0.3, -0.25) is 0 Å². The van der Waals surface area contributed by atoms with Crippen LogP contribution in [0.3, 0.4) is 0 Å². The predicted octanol–water partition coefficient (Wildman–Crippen LogP) is 3.91. The van der Waals surface area contributed by atoms with Crippen molar-refractivity contribution >= 4 is 9.84 Å². The second-order valence-corrected chi connectivity index (χ2v) is 6.60. The van der Waals surface area contributed by atoms with Gasteiger partial charge in [0.2, 0.25) is 0 Å². The van der Waals surface area contributed by atoms with Gasteiger partial charge in [0.15, 0.2) is 9.84 Å². The van der Waals surface area contributed by atoms with Crippen molar-refractivity contribution < 1.29 is 8.42 Å². The normalized spacial score (nSPS) is 12.1. The fourth-order valence-electron chi connectivity index (χ4n) is 1.67. The van der Waals surface area contributed by atoms with Crippen molar-refractivity contribution in [3.8, 4) is 0 Å². The van der Waals surface area contributed by atoms with Gasteiger partial charge in [-0.05, 0) is 31.9 Å². The van der Waals surface area contributed by atoms with Gasteiger partial charge in [-0.1, -0.05) is 49.6 Å². The van der Waals surface area contributed by atoms with Gasteiger partial charge >= 0.3 is 0 Å². The third-order valence-electron chi connectivity index (χ3n) is 2.84. The number of aryl methyl sites for hydroxylation is 1. The van der Waals surface area contributed by atoms with Gasteiger partial charge in [-0.25, -0.2) is 8.42 Å². The topological polar surface area (TPSA) is 34.1 Å². The molecular formula is C15H22O2S. The Morgan fingerprint density at radius 1 is 1.06 bits per heavy atom. The number of hydrogen-bond acceptors (Lipinski definition) is 2. The Labute approximate surface area is 111 Å². The molecule has 0 saturated heterocycles. The molecule has 100 valence electrons. The van der Waals surface area contributed by atoms with Gasteiger partial charge in [0.05, 0.1) is 10.6 Å². The molecule has 1 rings (SSSR count). The van der Waals surface area contributed by atoms with Gasteiger partial charge in [0, 0.05) is 0 Å². The third kappa shape index (κ3) is 5.05. The zero-order valence-corrected chi connectivity index (χ0v) is 12.0. The first-order valence-corrected chi connectivity index (χ1v) is 8.16. The van der Waals surface area contributed by atoms with Crippen LogP contribution in [-0.2, 0) is 9.84 Å². The molecular weight excluding hydrogens is 244 g/mol. The molecule has 0 aromatic heterocycles. The van der Waals surface area contributed by atoms with Crippen LogP contribution in [0.5, 0.6) is 0 Å². The van der Waals surface area contributed by atoms with Gasteiger partial charge < -0.3 is 0 Å². The summed E-state index contributed by atoms with van der Waals surface area (Å²) in [5.74, 6) is 0.0994. The molecule has 0 aliphatic heterocycles. The van der Waals surface area contributed by atoms with Crippen molar-refractivity contribution in [3.63, 3.8) is 0 Å². The number of unbranched alkanes of at least 4 members (excludes halogenated alkanes) is 3. The van der Waals surface area contributed by atoms with E-state index in [1.54, 1.807) is 18.2 Å². The van der Waals surface area contributed by atoms with Crippen LogP contribution in [0.1, 0.15) is 38.2 Å². The number of benzene rings is 1. The Morgan fingerprint density at radius 3 is 2.33 bits per heavy atom. The molecule has 0 amide bonds. The van der Waals surface area contributed by atoms with E-state index in [-0.39, 0.29) is 5.75 Å². The lowest BCUT2D eigenvalue weighted by molar-refractivity contribution is 0.599. The second-order valence-electron chi connectivity index (χ2n) is 4.56. The lowest BCUT2D eigenvalue weighted by Crippen LogP contribution is -2.04. The average molecular weight is 266 g/mol. The third-order valence-corrected chi connectivity index (χ3v) is 4.46. The fourth-order valence-corrected chi connectivity index (χ4v) is 2.80. The van der Waals surface area contributed by atoms with Crippen LogP contribution in [0, 0.1) is 6.92 Å². The van der Waals surface area contributed by atoms with E-state index in [0.29, 0.717) is 4.90 Å². The molecule has 18 heavy (non-hydrogen) atoms. The SMILES string of the molecule is CCCCC/C=C/CS(=O)(=O)c1ccc(C)cc1. The average Bonchev–Trinajstić information content (AvgIpc) is 2.34. The Hall–Kier alpha value is -1.09. The van der Waals surface area contributed by atoms with Crippen molar-refractivity contribution in [2.24, 2.45) is 0 Å². The lowest BCUT2D eigenvalue weighted by atomic mass is 10.2. The molecule has 0 bridgehead atoms. The molecule has 0 saturated carbocycles. The van der Waals surface area contributed by atoms with Crippen molar-refractivity contribution in [1.82, 2.24) is 0 Å². The summed E-state index contributed by atoms with van der Waals surface area (Å²) in [6.07, 6.45) is 8.24. The highest BCUT2D eigenvalue weighted by Gasteiger charge is 2.11. The van der Waals surface area contributed by atoms with Crippen LogP contribution in [0.25, 0.3) is 0 Å². The van der Waals surface area contributed by atoms with E-state index >= 15 is 0 Å². The quantitative estimate of drug-likeness (QED) is 0.554. The highest BCUT2D eigenvalue weighted by atomic mass is 32.2. The summed E-state index contributed by atoms with van der Waals surface area (Å²) in [4.78, 5) is 0.409. The summed E-state index contributed by atoms with van der Waals surface area (Å²) in [7, 11) is -3.16. The van der Waals surface area contributed by atoms with E-state index in [2.05, 4.69) is 6.92 Å². The standard InChI is InChI=1S/C15H22O2S/c1-3-4-5-6-7-8-13-18(16,17)15-11-9-14(2)10-12-15/h7-12H,3-6,13H2,1-2H3/b8-7+. The minimum absolute atomic E-state index is 0.0994. The summed E-state index contributed by atoms with van der Waals surface area (Å²) in [5, 5.41) is 0. The van der Waals surface area contributed by atoms with E-state index in [1.807, 2.05) is 25.1 Å². The first-order chi connectivity index (χ1) is 8.56. The van der Waals surface area contributed by atoms with Gasteiger partial charge in [-0.2, -0.15) is 0 Å². The van der Waals surface area contributed by atoms with Crippen LogP contribution in [-0.4, -0.2) is 14.2 Å². The molecule has 2 nitrogen and oxygen atoms in total. The maximum atomic E-state index is 12.0. The van der Waals surface area contributed by atoms with Crippen molar-refractivity contribution in [1.29, 1.82) is 0 Å². The number of rotatable bonds is 7. The van der Waals surface area contributed by atoms with Crippen LogP contribution in [0.15, 0.2) is 41.3 Å². The summed E-state index contributed by atoms with van der Waals surface area (Å²) in [6.45, 7) is 4.11. The summed E-state index contributed by atoms with van der Waals surface area (Å²) >= 11 is 0. The van der Waals surface area contributed by atoms with Crippen molar-refractivity contribution in [3.05, 3.63) is 42.0 Å². The maximum absolute atomic E-state index is 12.0. The van der Waals surface area contributed by atoms with E-state index < -0.39 is 9.84 Å². The summed E-state index contributed by atoms with van der Waals surface area (Å²) < 4.78 is 24.0. The first kappa shape index (κ1) is 15.0. The minimum atomic E-state index is -3.16. The zero-order valence-electron chi connectivity index (χ0n) is 11.2. The Bertz CT molecular complexity index is 470. The monoisotopic (exact) mass is 266 g/mol. The van der Waals surface area contributed by atoms with Crippen LogP contribution >= 0.6 is 0 Å². The minimum Gasteiger partial charge on any atom is -0.223 e. The molecule has 0 spiro atoms. The summed E-state index contributed by atoms with van der Waals surface area (Å²) in [6, 6.07) is 7.01. The molecule has 1 aromatic carbocycles. The van der Waals surface area contributed by atoms with Crippen LogP contribution < -0.4 is 0 Å². The predicted molar refractivity (Wildman–Crippen MR) is 76.5 cm³/mol. The highest BCUT2D eigenvalue weighted by molar-refractivity contribution is 7.91. The lowest BCUT2D eigenvalue weighted by Gasteiger charge is -2.01. The van der Waals surface area contributed by atoms with Gasteiger partial charge in [0.1, 0.15) is 0 Å². The van der Waals surface area contributed by atoms with Gasteiger partial charge in [-0.15, -0.1) is 0 Å². The summed E-state index contributed by atoms with van der Waals surface area (Å²) in [5.41, 5.74) is 1.07. The molecule has 0 aliphatic carbocycles. The van der Waals surface area contributed by atoms with E-state index in [1.165, 1.54) is 12.8 Å². The zero-order chi connectivity index (χ0) is 13.4. The molecule has 1 aromatic rings. The number of allylic oxidation sites excluding steroid dienone is 1. The highest BCUT2D eigenvalue weighted by Crippen LogP contribution is 2.12. The molecule has 0 N–H and O–H groups in total. The molecule has 0 radical (unpaired) electrons. The van der Waals surface area contributed by atoms with E-state index in [0.717, 1.165) is 18.4 Å². The molecule has 0 heterocycles.